The van der Waals surface area contributed by atoms with E-state index in [4.69, 9.17) is 4.74 Å². The topological polar surface area (TPSA) is 92.7 Å². The number of carbonyl (C=O) groups excluding carboxylic acids is 3. The normalized spacial score (nSPS) is 13.0. The number of alkyl halides is 6. The van der Waals surface area contributed by atoms with Crippen molar-refractivity contribution in [1.82, 2.24) is 0 Å². The zero-order valence-electron chi connectivity index (χ0n) is 15.1. The van der Waals surface area contributed by atoms with Crippen molar-refractivity contribution in [3.63, 3.8) is 0 Å². The molecule has 0 saturated carbocycles. The van der Waals surface area contributed by atoms with Gasteiger partial charge in [0.05, 0.1) is 3.57 Å². The zero-order chi connectivity index (χ0) is 23.9. The van der Waals surface area contributed by atoms with Gasteiger partial charge in [-0.15, -0.1) is 0 Å². The fourth-order valence-electron chi connectivity index (χ4n) is 1.76. The number of carboxylic acid groups (broad SMARTS) is 1. The molecule has 1 aromatic rings. The van der Waals surface area contributed by atoms with Gasteiger partial charge in [-0.3, -0.25) is 0 Å². The Labute approximate surface area is 192 Å². The lowest BCUT2D eigenvalue weighted by Crippen LogP contribution is -2.64. The largest absolute Gasteiger partial charge is 0.544 e. The van der Waals surface area contributed by atoms with Crippen LogP contribution >= 0.6 is 45.2 Å². The number of halogens is 8. The number of hydrogen-bond donors (Lipinski definition) is 0. The van der Waals surface area contributed by atoms with Gasteiger partial charge in [0.1, 0.15) is 17.1 Å². The van der Waals surface area contributed by atoms with Crippen LogP contribution in [0.15, 0.2) is 12.1 Å². The van der Waals surface area contributed by atoms with E-state index in [2.05, 4.69) is 4.74 Å². The molecular formula is C16H11F6I2O6-. The van der Waals surface area contributed by atoms with Gasteiger partial charge in [0.25, 0.3) is 0 Å². The van der Waals surface area contributed by atoms with E-state index in [0.717, 1.165) is 6.07 Å². The van der Waals surface area contributed by atoms with Crippen molar-refractivity contribution in [1.29, 1.82) is 0 Å². The first-order chi connectivity index (χ1) is 13.3. The fourth-order valence-corrected chi connectivity index (χ4v) is 3.71. The highest BCUT2D eigenvalue weighted by molar-refractivity contribution is 14.1. The van der Waals surface area contributed by atoms with Gasteiger partial charge in [-0.25, -0.2) is 9.59 Å². The zero-order valence-corrected chi connectivity index (χ0v) is 19.4. The third-order valence-corrected chi connectivity index (χ3v) is 4.55. The second-order valence-electron chi connectivity index (χ2n) is 6.67. The van der Waals surface area contributed by atoms with Crippen LogP contribution in [0.5, 0.6) is 5.75 Å². The number of hydrogen-bond acceptors (Lipinski definition) is 6. The molecule has 0 amide bonds. The second kappa shape index (κ2) is 8.66. The highest BCUT2D eigenvalue weighted by atomic mass is 127. The number of carbonyl (C=O) groups is 3. The van der Waals surface area contributed by atoms with Crippen molar-refractivity contribution in [2.24, 2.45) is 0 Å². The molecule has 0 fully saturated rings. The van der Waals surface area contributed by atoms with Crippen LogP contribution < -0.4 is 9.84 Å². The number of ether oxygens (including phenoxy) is 2. The molecule has 0 aliphatic rings. The Bertz CT molecular complexity index is 882. The van der Waals surface area contributed by atoms with E-state index in [9.17, 15) is 45.8 Å². The van der Waals surface area contributed by atoms with Gasteiger partial charge in [-0.05, 0) is 78.1 Å². The summed E-state index contributed by atoms with van der Waals surface area (Å²) in [4.78, 5) is 34.2. The Morgan fingerprint density at radius 1 is 0.933 bits per heavy atom. The van der Waals surface area contributed by atoms with Crippen LogP contribution in [-0.2, 0) is 14.3 Å². The first kappa shape index (κ1) is 26.7. The Morgan fingerprint density at radius 2 is 1.43 bits per heavy atom. The molecule has 168 valence electrons. The Hall–Kier alpha value is -1.33. The lowest BCUT2D eigenvalue weighted by molar-refractivity contribution is -0.365. The van der Waals surface area contributed by atoms with Crippen LogP contribution in [0.4, 0.5) is 26.3 Å². The summed E-state index contributed by atoms with van der Waals surface area (Å²) in [6, 6.07) is 2.22. The summed E-state index contributed by atoms with van der Waals surface area (Å²) in [5, 5.41) is 10.2. The molecule has 0 atom stereocenters. The third kappa shape index (κ3) is 5.28. The maximum atomic E-state index is 13.8. The van der Waals surface area contributed by atoms with Crippen molar-refractivity contribution in [2.45, 2.75) is 44.1 Å². The molecule has 6 nitrogen and oxygen atoms in total. The molecule has 0 aliphatic carbocycles. The van der Waals surface area contributed by atoms with E-state index >= 15 is 0 Å². The van der Waals surface area contributed by atoms with Gasteiger partial charge in [0.15, 0.2) is 5.75 Å². The predicted octanol–water partition coefficient (Wildman–Crippen LogP) is 3.41. The predicted molar refractivity (Wildman–Crippen MR) is 103 cm³/mol. The van der Waals surface area contributed by atoms with Crippen LogP contribution in [0, 0.1) is 7.14 Å². The van der Waals surface area contributed by atoms with Crippen molar-refractivity contribution in [3.05, 3.63) is 24.8 Å². The highest BCUT2D eigenvalue weighted by Gasteiger charge is 2.76. The number of esters is 2. The molecule has 0 saturated heterocycles. The third-order valence-electron chi connectivity index (χ3n) is 3.12. The number of aliphatic carboxylic acids is 1. The summed E-state index contributed by atoms with van der Waals surface area (Å²) < 4.78 is 90.2. The summed E-state index contributed by atoms with van der Waals surface area (Å²) in [6.45, 7) is 4.35. The summed E-state index contributed by atoms with van der Waals surface area (Å²) >= 11 is 3.12. The summed E-state index contributed by atoms with van der Waals surface area (Å²) in [6.07, 6.45) is 0. The van der Waals surface area contributed by atoms with E-state index in [1.807, 2.05) is 0 Å². The van der Waals surface area contributed by atoms with Gasteiger partial charge in [-0.1, -0.05) is 0 Å². The Balaban J connectivity index is 3.44. The molecule has 0 radical (unpaired) electrons. The van der Waals surface area contributed by atoms with Gasteiger partial charge < -0.3 is 19.4 Å². The van der Waals surface area contributed by atoms with Crippen molar-refractivity contribution < 1.29 is 55.3 Å². The highest BCUT2D eigenvalue weighted by Crippen LogP contribution is 2.46. The smallest absolute Gasteiger partial charge is 0.411 e. The minimum Gasteiger partial charge on any atom is -0.544 e. The molecule has 14 heteroatoms. The SMILES string of the molecule is CC(C)(C)OC(=O)c1cc(I)cc(I)c1OC(=O)C(F)(F)C(F)(F)C(F)(F)C(=O)[O-]. The monoisotopic (exact) mass is 667 g/mol. The standard InChI is InChI=1S/C16H12F6I2O6/c1-13(2,3)30-10(25)7-4-6(23)5-8(24)9(7)29-12(28)15(19,20)16(21,22)14(17,18)11(26)27/h4-5H,1-3H3,(H,26,27)/p-1. The fraction of sp³-hybridized carbons (Fsp3) is 0.438. The van der Waals surface area contributed by atoms with Crippen LogP contribution in [0.1, 0.15) is 31.1 Å². The maximum absolute atomic E-state index is 13.8. The van der Waals surface area contributed by atoms with Gasteiger partial charge in [0, 0.05) is 3.57 Å². The van der Waals surface area contributed by atoms with Crippen LogP contribution in [0.25, 0.3) is 0 Å². The summed E-state index contributed by atoms with van der Waals surface area (Å²) in [7, 11) is 0. The number of carboxylic acids is 1. The van der Waals surface area contributed by atoms with E-state index in [0.29, 0.717) is 3.57 Å². The number of benzene rings is 1. The average molecular weight is 667 g/mol. The molecule has 0 unspecified atom stereocenters. The first-order valence-electron chi connectivity index (χ1n) is 7.55. The molecule has 30 heavy (non-hydrogen) atoms. The molecule has 0 N–H and O–H groups in total. The minimum absolute atomic E-state index is 0.195. The maximum Gasteiger partial charge on any atom is 0.411 e. The van der Waals surface area contributed by atoms with E-state index in [-0.39, 0.29) is 3.57 Å². The quantitative estimate of drug-likeness (QED) is 0.200. The van der Waals surface area contributed by atoms with Crippen LogP contribution in [0.3, 0.4) is 0 Å². The molecule has 0 heterocycles. The van der Waals surface area contributed by atoms with Crippen molar-refractivity contribution in [3.8, 4) is 5.75 Å². The average Bonchev–Trinajstić information content (AvgIpc) is 2.54. The van der Waals surface area contributed by atoms with E-state index in [1.165, 1.54) is 49.4 Å². The lowest BCUT2D eigenvalue weighted by atomic mass is 10.0. The van der Waals surface area contributed by atoms with Gasteiger partial charge in [-0.2, -0.15) is 26.3 Å². The van der Waals surface area contributed by atoms with Gasteiger partial charge in [0.2, 0.25) is 0 Å². The summed E-state index contributed by atoms with van der Waals surface area (Å²) in [5.41, 5.74) is -1.71. The van der Waals surface area contributed by atoms with E-state index in [1.54, 1.807) is 22.6 Å². The van der Waals surface area contributed by atoms with Crippen molar-refractivity contribution >= 4 is 63.1 Å². The second-order valence-corrected chi connectivity index (χ2v) is 9.07. The molecule has 0 bridgehead atoms. The Morgan fingerprint density at radius 3 is 1.87 bits per heavy atom. The van der Waals surface area contributed by atoms with Crippen LogP contribution in [-0.4, -0.2) is 41.3 Å². The summed E-state index contributed by atoms with van der Waals surface area (Å²) in [5.74, 6) is -28.6. The first-order valence-corrected chi connectivity index (χ1v) is 9.71. The molecular weight excluding hydrogens is 656 g/mol. The molecule has 0 aliphatic heterocycles. The molecule has 0 aromatic heterocycles. The molecule has 1 rings (SSSR count). The van der Waals surface area contributed by atoms with Crippen LogP contribution in [0.2, 0.25) is 0 Å². The number of rotatable bonds is 6. The van der Waals surface area contributed by atoms with E-state index < -0.39 is 52.6 Å². The Kier molecular flexibility index (Phi) is 7.71. The molecule has 0 spiro atoms. The lowest BCUT2D eigenvalue weighted by Gasteiger charge is -2.31. The van der Waals surface area contributed by atoms with Crippen molar-refractivity contribution in [2.75, 3.05) is 0 Å². The minimum atomic E-state index is -6.70. The van der Waals surface area contributed by atoms with Gasteiger partial charge >= 0.3 is 29.7 Å². The molecule has 1 aromatic carbocycles.